The molecule has 2 aromatic heterocycles. The molecule has 98 valence electrons. The average molecular weight is 263 g/mol. The van der Waals surface area contributed by atoms with E-state index in [1.54, 1.807) is 13.8 Å². The van der Waals surface area contributed by atoms with Gasteiger partial charge in [0.15, 0.2) is 5.82 Å². The number of nitro groups is 1. The van der Waals surface area contributed by atoms with E-state index in [4.69, 9.17) is 5.11 Å². The Bertz CT molecular complexity index is 647. The predicted octanol–water partition coefficient (Wildman–Crippen LogP) is 0.886. The Hall–Kier alpha value is -2.84. The first kappa shape index (κ1) is 12.6. The summed E-state index contributed by atoms with van der Waals surface area (Å²) in [5, 5.41) is 23.2. The molecule has 9 heteroatoms. The van der Waals surface area contributed by atoms with Gasteiger partial charge in [0.05, 0.1) is 22.5 Å². The van der Waals surface area contributed by atoms with Crippen LogP contribution in [0.15, 0.2) is 12.4 Å². The van der Waals surface area contributed by atoms with Crippen molar-refractivity contribution < 1.29 is 14.8 Å². The quantitative estimate of drug-likeness (QED) is 0.643. The van der Waals surface area contributed by atoms with Crippen LogP contribution in [0.4, 0.5) is 5.69 Å². The van der Waals surface area contributed by atoms with Crippen molar-refractivity contribution in [3.63, 3.8) is 0 Å². The lowest BCUT2D eigenvalue weighted by Crippen LogP contribution is -2.05. The van der Waals surface area contributed by atoms with Gasteiger partial charge in [-0.2, -0.15) is 5.10 Å². The van der Waals surface area contributed by atoms with Crippen molar-refractivity contribution in [2.45, 2.75) is 13.8 Å². The molecule has 19 heavy (non-hydrogen) atoms. The van der Waals surface area contributed by atoms with Crippen molar-refractivity contribution in [2.24, 2.45) is 0 Å². The van der Waals surface area contributed by atoms with Crippen LogP contribution in [0.25, 0.3) is 5.82 Å². The number of rotatable bonds is 3. The van der Waals surface area contributed by atoms with Gasteiger partial charge in [0.25, 0.3) is 0 Å². The van der Waals surface area contributed by atoms with Crippen molar-refractivity contribution in [3.8, 4) is 5.82 Å². The van der Waals surface area contributed by atoms with E-state index in [0.717, 1.165) is 10.9 Å². The molecule has 0 fully saturated rings. The first-order valence-corrected chi connectivity index (χ1v) is 5.18. The molecule has 0 bridgehead atoms. The second-order valence-corrected chi connectivity index (χ2v) is 3.77. The highest BCUT2D eigenvalue weighted by atomic mass is 16.6. The van der Waals surface area contributed by atoms with Gasteiger partial charge in [-0.1, -0.05) is 0 Å². The summed E-state index contributed by atoms with van der Waals surface area (Å²) in [5.74, 6) is -1.25. The van der Waals surface area contributed by atoms with E-state index in [9.17, 15) is 14.9 Å². The lowest BCUT2D eigenvalue weighted by Gasteiger charge is -2.02. The number of aromatic nitrogens is 4. The van der Waals surface area contributed by atoms with Crippen LogP contribution < -0.4 is 0 Å². The first-order valence-electron chi connectivity index (χ1n) is 5.18. The van der Waals surface area contributed by atoms with Gasteiger partial charge in [0, 0.05) is 0 Å². The zero-order valence-corrected chi connectivity index (χ0v) is 10.1. The molecule has 0 atom stereocenters. The topological polar surface area (TPSA) is 124 Å². The Morgan fingerprint density at radius 2 is 2.11 bits per heavy atom. The fourth-order valence-corrected chi connectivity index (χ4v) is 1.41. The molecule has 0 unspecified atom stereocenters. The van der Waals surface area contributed by atoms with Gasteiger partial charge in [-0.3, -0.25) is 15.1 Å². The Kier molecular flexibility index (Phi) is 2.95. The third kappa shape index (κ3) is 2.25. The SMILES string of the molecule is Cc1ncc(-n2cc([N+](=O)[O-])c(C(=O)O)n2)nc1C. The molecule has 0 spiro atoms. The van der Waals surface area contributed by atoms with Crippen molar-refractivity contribution >= 4 is 11.7 Å². The van der Waals surface area contributed by atoms with E-state index in [0.29, 0.717) is 11.4 Å². The van der Waals surface area contributed by atoms with E-state index in [-0.39, 0.29) is 5.82 Å². The number of carbonyl (C=O) groups is 1. The van der Waals surface area contributed by atoms with Crippen LogP contribution in [0.5, 0.6) is 0 Å². The third-order valence-corrected chi connectivity index (χ3v) is 2.51. The minimum absolute atomic E-state index is 0.221. The van der Waals surface area contributed by atoms with Crippen molar-refractivity contribution in [1.29, 1.82) is 0 Å². The minimum Gasteiger partial charge on any atom is -0.476 e. The largest absolute Gasteiger partial charge is 0.476 e. The van der Waals surface area contributed by atoms with Gasteiger partial charge in [0.1, 0.15) is 6.20 Å². The van der Waals surface area contributed by atoms with Crippen LogP contribution in [0.3, 0.4) is 0 Å². The van der Waals surface area contributed by atoms with Gasteiger partial charge in [-0.15, -0.1) is 0 Å². The zero-order chi connectivity index (χ0) is 14.2. The maximum atomic E-state index is 10.9. The van der Waals surface area contributed by atoms with Gasteiger partial charge >= 0.3 is 11.7 Å². The maximum Gasteiger partial charge on any atom is 0.363 e. The van der Waals surface area contributed by atoms with E-state index >= 15 is 0 Å². The molecule has 0 saturated heterocycles. The minimum atomic E-state index is -1.47. The number of nitrogens with zero attached hydrogens (tertiary/aromatic N) is 5. The number of hydrogen-bond acceptors (Lipinski definition) is 6. The Morgan fingerprint density at radius 3 is 2.58 bits per heavy atom. The molecule has 0 radical (unpaired) electrons. The number of aromatic carboxylic acids is 1. The Labute approximate surface area is 106 Å². The Balaban J connectivity index is 2.57. The van der Waals surface area contributed by atoms with E-state index in [2.05, 4.69) is 15.1 Å². The monoisotopic (exact) mass is 263 g/mol. The molecule has 0 amide bonds. The number of carboxylic acid groups (broad SMARTS) is 1. The molecule has 2 aromatic rings. The number of aryl methyl sites for hydroxylation is 2. The summed E-state index contributed by atoms with van der Waals surface area (Å²) in [6, 6.07) is 0. The van der Waals surface area contributed by atoms with Gasteiger partial charge < -0.3 is 5.11 Å². The van der Waals surface area contributed by atoms with Crippen molar-refractivity contribution in [3.05, 3.63) is 39.6 Å². The molecule has 1 N–H and O–H groups in total. The number of carboxylic acids is 1. The van der Waals surface area contributed by atoms with Gasteiger partial charge in [0.2, 0.25) is 5.69 Å². The van der Waals surface area contributed by atoms with Crippen LogP contribution >= 0.6 is 0 Å². The summed E-state index contributed by atoms with van der Waals surface area (Å²) in [7, 11) is 0. The smallest absolute Gasteiger partial charge is 0.363 e. The van der Waals surface area contributed by atoms with E-state index in [1.807, 2.05) is 0 Å². The van der Waals surface area contributed by atoms with Gasteiger partial charge in [-0.25, -0.2) is 14.5 Å². The molecule has 0 saturated carbocycles. The highest BCUT2D eigenvalue weighted by molar-refractivity contribution is 5.89. The first-order chi connectivity index (χ1) is 8.90. The van der Waals surface area contributed by atoms with Crippen LogP contribution in [0, 0.1) is 24.0 Å². The summed E-state index contributed by atoms with van der Waals surface area (Å²) in [6.45, 7) is 3.49. The molecule has 0 aliphatic heterocycles. The van der Waals surface area contributed by atoms with Crippen LogP contribution in [-0.2, 0) is 0 Å². The molecule has 0 aliphatic rings. The normalized spacial score (nSPS) is 10.4. The van der Waals surface area contributed by atoms with E-state index < -0.39 is 22.3 Å². The summed E-state index contributed by atoms with van der Waals surface area (Å²) < 4.78 is 1.03. The molecule has 2 heterocycles. The molecule has 0 aromatic carbocycles. The predicted molar refractivity (Wildman–Crippen MR) is 62.2 cm³/mol. The van der Waals surface area contributed by atoms with Gasteiger partial charge in [-0.05, 0) is 13.8 Å². The second kappa shape index (κ2) is 4.44. The lowest BCUT2D eigenvalue weighted by molar-refractivity contribution is -0.385. The van der Waals surface area contributed by atoms with Crippen molar-refractivity contribution in [1.82, 2.24) is 19.7 Å². The van der Waals surface area contributed by atoms with Crippen LogP contribution in [-0.4, -0.2) is 35.7 Å². The van der Waals surface area contributed by atoms with Crippen LogP contribution in [0.2, 0.25) is 0 Å². The lowest BCUT2D eigenvalue weighted by atomic mass is 10.3. The Morgan fingerprint density at radius 1 is 1.42 bits per heavy atom. The molecule has 2 rings (SSSR count). The highest BCUT2D eigenvalue weighted by Crippen LogP contribution is 2.18. The fourth-order valence-electron chi connectivity index (χ4n) is 1.41. The average Bonchev–Trinajstić information content (AvgIpc) is 2.78. The molecule has 9 nitrogen and oxygen atoms in total. The molecular formula is C10H9N5O4. The highest BCUT2D eigenvalue weighted by Gasteiger charge is 2.26. The third-order valence-electron chi connectivity index (χ3n) is 2.51. The summed E-state index contributed by atoms with van der Waals surface area (Å²) in [6.07, 6.45) is 2.37. The zero-order valence-electron chi connectivity index (χ0n) is 10.1. The summed E-state index contributed by atoms with van der Waals surface area (Å²) in [4.78, 5) is 29.0. The molecule has 0 aliphatic carbocycles. The second-order valence-electron chi connectivity index (χ2n) is 3.77. The molecular weight excluding hydrogens is 254 g/mol. The standard InChI is InChI=1S/C10H9N5O4/c1-5-6(2)12-8(3-11-5)14-4-7(15(18)19)9(13-14)10(16)17/h3-4H,1-2H3,(H,16,17). The number of hydrogen-bond donors (Lipinski definition) is 1. The van der Waals surface area contributed by atoms with Crippen molar-refractivity contribution in [2.75, 3.05) is 0 Å². The van der Waals surface area contributed by atoms with E-state index in [1.165, 1.54) is 6.20 Å². The fraction of sp³-hybridized carbons (Fsp3) is 0.200. The summed E-state index contributed by atoms with van der Waals surface area (Å²) in [5.41, 5.74) is 0.119. The van der Waals surface area contributed by atoms with Crippen LogP contribution in [0.1, 0.15) is 21.9 Å². The summed E-state index contributed by atoms with van der Waals surface area (Å²) >= 11 is 0. The maximum absolute atomic E-state index is 10.9.